The van der Waals surface area contributed by atoms with Crippen LogP contribution in [0.4, 0.5) is 5.69 Å². The van der Waals surface area contributed by atoms with Crippen molar-refractivity contribution in [2.45, 2.75) is 0 Å². The van der Waals surface area contributed by atoms with Crippen LogP contribution in [0, 0.1) is 0 Å². The Morgan fingerprint density at radius 2 is 1.77 bits per heavy atom. The average Bonchev–Trinajstić information content (AvgIpc) is 3.10. The lowest BCUT2D eigenvalue weighted by molar-refractivity contribution is -0.113. The highest BCUT2D eigenvalue weighted by atomic mass is 79.9. The Hall–Kier alpha value is -2.43. The van der Waals surface area contributed by atoms with E-state index in [1.807, 2.05) is 0 Å². The number of nitrogens with zero attached hydrogens (tertiary/aromatic N) is 1. The van der Waals surface area contributed by atoms with E-state index in [1.54, 1.807) is 12.1 Å². The van der Waals surface area contributed by atoms with Gasteiger partial charge in [-0.1, -0.05) is 24.0 Å². The Kier molecular flexibility index (Phi) is 4.99. The standard InChI is InChI=1S/C16H8BrNO6S2/c17-12-2-1-10(24-12)6-11-13(19)18(16(25)26-11)9-4-7(14(20)21)3-8(5-9)15(22)23/h1-6H,(H,20,21)(H,22,23)/b11-6+. The van der Waals surface area contributed by atoms with Crippen LogP contribution in [0.5, 0.6) is 0 Å². The highest BCUT2D eigenvalue weighted by molar-refractivity contribution is 9.10. The number of carbonyl (C=O) groups is 3. The van der Waals surface area contributed by atoms with Crippen molar-refractivity contribution in [2.75, 3.05) is 4.90 Å². The number of carboxylic acid groups (broad SMARTS) is 2. The number of hydrogen-bond acceptors (Lipinski definition) is 6. The van der Waals surface area contributed by atoms with Gasteiger partial charge in [-0.15, -0.1) is 0 Å². The van der Waals surface area contributed by atoms with Gasteiger partial charge in [0.1, 0.15) is 5.76 Å². The van der Waals surface area contributed by atoms with Gasteiger partial charge < -0.3 is 14.6 Å². The quantitative estimate of drug-likeness (QED) is 0.530. The van der Waals surface area contributed by atoms with Gasteiger partial charge in [0.15, 0.2) is 8.99 Å². The molecule has 0 bridgehead atoms. The molecule has 1 fully saturated rings. The minimum absolute atomic E-state index is 0.0776. The maximum absolute atomic E-state index is 12.7. The number of carbonyl (C=O) groups excluding carboxylic acids is 1. The van der Waals surface area contributed by atoms with Gasteiger partial charge in [-0.05, 0) is 46.3 Å². The zero-order chi connectivity index (χ0) is 19.0. The van der Waals surface area contributed by atoms with E-state index < -0.39 is 17.8 Å². The van der Waals surface area contributed by atoms with Crippen LogP contribution >= 0.6 is 39.9 Å². The summed E-state index contributed by atoms with van der Waals surface area (Å²) in [4.78, 5) is 36.6. The Morgan fingerprint density at radius 1 is 1.15 bits per heavy atom. The number of carboxylic acids is 2. The smallest absolute Gasteiger partial charge is 0.335 e. The summed E-state index contributed by atoms with van der Waals surface area (Å²) in [5.41, 5.74) is -0.436. The Bertz CT molecular complexity index is 964. The number of anilines is 1. The van der Waals surface area contributed by atoms with Gasteiger partial charge in [0.05, 0.1) is 21.7 Å². The molecule has 2 heterocycles. The molecule has 26 heavy (non-hydrogen) atoms. The lowest BCUT2D eigenvalue weighted by Gasteiger charge is -2.16. The summed E-state index contributed by atoms with van der Waals surface area (Å²) in [6, 6.07) is 6.74. The molecule has 132 valence electrons. The third-order valence-corrected chi connectivity index (χ3v) is 5.06. The fourth-order valence-corrected chi connectivity index (χ4v) is 3.81. The number of hydrogen-bond donors (Lipinski definition) is 2. The van der Waals surface area contributed by atoms with Crippen molar-refractivity contribution in [2.24, 2.45) is 0 Å². The van der Waals surface area contributed by atoms with Gasteiger partial charge in [0, 0.05) is 6.08 Å². The first-order chi connectivity index (χ1) is 12.3. The molecule has 0 atom stereocenters. The molecule has 1 aliphatic rings. The molecule has 0 saturated carbocycles. The number of halogens is 1. The molecular formula is C16H8BrNO6S2. The summed E-state index contributed by atoms with van der Waals surface area (Å²) in [6.45, 7) is 0. The fourth-order valence-electron chi connectivity index (χ4n) is 2.21. The molecule has 2 N–H and O–H groups in total. The van der Waals surface area contributed by atoms with Gasteiger partial charge in [0.25, 0.3) is 5.91 Å². The van der Waals surface area contributed by atoms with Crippen molar-refractivity contribution < 1.29 is 29.0 Å². The van der Waals surface area contributed by atoms with Gasteiger partial charge in [-0.3, -0.25) is 9.69 Å². The van der Waals surface area contributed by atoms with Crippen molar-refractivity contribution in [3.05, 3.63) is 56.8 Å². The second kappa shape index (κ2) is 7.06. The van der Waals surface area contributed by atoms with E-state index in [0.717, 1.165) is 22.7 Å². The predicted molar refractivity (Wildman–Crippen MR) is 102 cm³/mol. The highest BCUT2D eigenvalue weighted by Crippen LogP contribution is 2.37. The summed E-state index contributed by atoms with van der Waals surface area (Å²) in [6.07, 6.45) is 1.50. The Labute approximate surface area is 164 Å². The number of amides is 1. The predicted octanol–water partition coefficient (Wildman–Crippen LogP) is 3.84. The van der Waals surface area contributed by atoms with E-state index in [1.165, 1.54) is 18.2 Å². The minimum atomic E-state index is -1.31. The monoisotopic (exact) mass is 453 g/mol. The zero-order valence-electron chi connectivity index (χ0n) is 12.6. The van der Waals surface area contributed by atoms with E-state index in [9.17, 15) is 24.6 Å². The summed E-state index contributed by atoms with van der Waals surface area (Å²) in [7, 11) is 0. The van der Waals surface area contributed by atoms with Crippen LogP contribution in [0.2, 0.25) is 0 Å². The molecule has 1 aromatic carbocycles. The molecule has 1 aliphatic heterocycles. The van der Waals surface area contributed by atoms with Gasteiger partial charge in [0.2, 0.25) is 0 Å². The minimum Gasteiger partial charge on any atom is -0.478 e. The number of rotatable bonds is 4. The summed E-state index contributed by atoms with van der Waals surface area (Å²) in [5, 5.41) is 18.4. The van der Waals surface area contributed by atoms with E-state index in [0.29, 0.717) is 10.4 Å². The first-order valence-corrected chi connectivity index (χ1v) is 8.93. The molecule has 7 nitrogen and oxygen atoms in total. The Balaban J connectivity index is 2.03. The van der Waals surface area contributed by atoms with Gasteiger partial charge in [-0.2, -0.15) is 0 Å². The van der Waals surface area contributed by atoms with Crippen LogP contribution in [0.1, 0.15) is 26.5 Å². The SMILES string of the molecule is O=C(O)c1cc(C(=O)O)cc(N2C(=O)/C(=C\c3ccc(Br)o3)SC2=S)c1. The number of thioether (sulfide) groups is 1. The molecule has 1 saturated heterocycles. The molecular weight excluding hydrogens is 446 g/mol. The van der Waals surface area contributed by atoms with E-state index >= 15 is 0 Å². The number of furan rings is 1. The third kappa shape index (κ3) is 3.57. The molecule has 3 rings (SSSR count). The van der Waals surface area contributed by atoms with Crippen molar-refractivity contribution in [1.82, 2.24) is 0 Å². The molecule has 2 aromatic rings. The maximum atomic E-state index is 12.7. The molecule has 1 aromatic heterocycles. The molecule has 1 amide bonds. The average molecular weight is 454 g/mol. The first kappa shape index (κ1) is 18.4. The van der Waals surface area contributed by atoms with E-state index in [2.05, 4.69) is 15.9 Å². The van der Waals surface area contributed by atoms with Crippen molar-refractivity contribution in [1.29, 1.82) is 0 Å². The van der Waals surface area contributed by atoms with E-state index in [-0.39, 0.29) is 26.0 Å². The summed E-state index contributed by atoms with van der Waals surface area (Å²) in [5.74, 6) is -2.68. The van der Waals surface area contributed by atoms with Crippen LogP contribution in [0.25, 0.3) is 6.08 Å². The fraction of sp³-hybridized carbons (Fsp3) is 0. The zero-order valence-corrected chi connectivity index (χ0v) is 15.9. The third-order valence-electron chi connectivity index (χ3n) is 3.33. The topological polar surface area (TPSA) is 108 Å². The maximum Gasteiger partial charge on any atom is 0.335 e. The largest absolute Gasteiger partial charge is 0.478 e. The molecule has 0 radical (unpaired) electrons. The molecule has 10 heteroatoms. The van der Waals surface area contributed by atoms with Crippen LogP contribution in [0.3, 0.4) is 0 Å². The second-order valence-corrected chi connectivity index (χ2v) is 7.50. The summed E-state index contributed by atoms with van der Waals surface area (Å²) < 4.78 is 5.99. The van der Waals surface area contributed by atoms with Crippen LogP contribution in [0.15, 0.2) is 44.3 Å². The Morgan fingerprint density at radius 3 is 2.27 bits per heavy atom. The lowest BCUT2D eigenvalue weighted by Crippen LogP contribution is -2.28. The van der Waals surface area contributed by atoms with Crippen molar-refractivity contribution in [3.63, 3.8) is 0 Å². The van der Waals surface area contributed by atoms with Crippen LogP contribution in [-0.4, -0.2) is 32.4 Å². The lowest BCUT2D eigenvalue weighted by atomic mass is 10.1. The summed E-state index contributed by atoms with van der Waals surface area (Å²) >= 11 is 9.38. The van der Waals surface area contributed by atoms with E-state index in [4.69, 9.17) is 16.6 Å². The molecule has 0 unspecified atom stereocenters. The number of thiocarbonyl (C=S) groups is 1. The van der Waals surface area contributed by atoms with Crippen molar-refractivity contribution >= 4 is 73.8 Å². The van der Waals surface area contributed by atoms with Crippen molar-refractivity contribution in [3.8, 4) is 0 Å². The second-order valence-electron chi connectivity index (χ2n) is 5.04. The van der Waals surface area contributed by atoms with Gasteiger partial charge in [-0.25, -0.2) is 9.59 Å². The van der Waals surface area contributed by atoms with Gasteiger partial charge >= 0.3 is 11.9 Å². The van der Waals surface area contributed by atoms with Crippen LogP contribution in [-0.2, 0) is 4.79 Å². The highest BCUT2D eigenvalue weighted by Gasteiger charge is 2.34. The molecule has 0 aliphatic carbocycles. The van der Waals surface area contributed by atoms with Crippen LogP contribution < -0.4 is 4.90 Å². The number of aromatic carboxylic acids is 2. The normalized spacial score (nSPS) is 15.7. The molecule has 0 spiro atoms. The first-order valence-electron chi connectivity index (χ1n) is 6.91. The number of benzene rings is 1.